The zero-order chi connectivity index (χ0) is 26.5. The second-order valence-electron chi connectivity index (χ2n) is 8.13. The standard InChI is InChI=1S/C22H16F4N8O2S/c1-3-14-31-32-21(37-14)36-11-8-34(9-11)20-29-15(12-5-4-10(7-27)6-13(12)23)16-17(30-20)18(35)33(2)19(28-16)22(24,25)26/h4-6,11H,3,8-9H2,1-2H3. The summed E-state index contributed by atoms with van der Waals surface area (Å²) < 4.78 is 61.8. The zero-order valence-corrected chi connectivity index (χ0v) is 20.1. The molecule has 0 amide bonds. The molecule has 190 valence electrons. The molecule has 0 unspecified atom stereocenters. The van der Waals surface area contributed by atoms with E-state index in [4.69, 9.17) is 10.00 Å². The maximum absolute atomic E-state index is 14.9. The number of fused-ring (bicyclic) bond motifs is 1. The Bertz CT molecular complexity index is 1620. The predicted molar refractivity (Wildman–Crippen MR) is 124 cm³/mol. The minimum atomic E-state index is -4.95. The Balaban J connectivity index is 1.59. The molecular weight excluding hydrogens is 516 g/mol. The van der Waals surface area contributed by atoms with Crippen molar-refractivity contribution in [1.82, 2.24) is 29.7 Å². The molecule has 10 nitrogen and oxygen atoms in total. The number of benzene rings is 1. The zero-order valence-electron chi connectivity index (χ0n) is 19.2. The monoisotopic (exact) mass is 532 g/mol. The molecule has 0 saturated carbocycles. The molecule has 4 heterocycles. The second kappa shape index (κ2) is 9.04. The van der Waals surface area contributed by atoms with Crippen molar-refractivity contribution < 1.29 is 22.3 Å². The number of halogens is 4. The van der Waals surface area contributed by atoms with Gasteiger partial charge >= 0.3 is 6.18 Å². The summed E-state index contributed by atoms with van der Waals surface area (Å²) in [5.41, 5.74) is -2.49. The SMILES string of the molecule is CCc1nnc(OC2CN(c3nc(-c4ccc(C#N)cc4F)c4nc(C(F)(F)F)n(C)c(=O)c4n3)C2)s1. The van der Waals surface area contributed by atoms with Crippen LogP contribution in [-0.2, 0) is 19.6 Å². The van der Waals surface area contributed by atoms with Gasteiger partial charge in [0.25, 0.3) is 10.8 Å². The van der Waals surface area contributed by atoms with Crippen LogP contribution in [-0.4, -0.2) is 48.9 Å². The first-order chi connectivity index (χ1) is 17.6. The first-order valence-corrected chi connectivity index (χ1v) is 11.7. The van der Waals surface area contributed by atoms with Gasteiger partial charge in [0, 0.05) is 12.6 Å². The van der Waals surface area contributed by atoms with Crippen molar-refractivity contribution in [3.8, 4) is 22.5 Å². The second-order valence-corrected chi connectivity index (χ2v) is 9.16. The number of rotatable bonds is 5. The van der Waals surface area contributed by atoms with Crippen molar-refractivity contribution >= 4 is 28.3 Å². The van der Waals surface area contributed by atoms with Gasteiger partial charge in [-0.15, -0.1) is 10.2 Å². The van der Waals surface area contributed by atoms with E-state index >= 15 is 0 Å². The average Bonchev–Trinajstić information content (AvgIpc) is 3.30. The molecule has 5 rings (SSSR count). The Hall–Kier alpha value is -4.19. The van der Waals surface area contributed by atoms with E-state index in [1.54, 1.807) is 11.0 Å². The molecule has 1 aromatic carbocycles. The fraction of sp³-hybridized carbons (Fsp3) is 0.318. The van der Waals surface area contributed by atoms with Crippen LogP contribution in [0.25, 0.3) is 22.3 Å². The Morgan fingerprint density at radius 1 is 1.19 bits per heavy atom. The summed E-state index contributed by atoms with van der Waals surface area (Å²) in [6.45, 7) is 2.52. The first kappa shape index (κ1) is 24.5. The maximum Gasteiger partial charge on any atom is 0.449 e. The van der Waals surface area contributed by atoms with Gasteiger partial charge in [-0.1, -0.05) is 18.3 Å². The highest BCUT2D eigenvalue weighted by Crippen LogP contribution is 2.33. The topological polar surface area (TPSA) is 123 Å². The summed E-state index contributed by atoms with van der Waals surface area (Å²) in [6.07, 6.45) is -4.53. The van der Waals surface area contributed by atoms with Gasteiger partial charge in [-0.05, 0) is 24.6 Å². The van der Waals surface area contributed by atoms with E-state index in [1.165, 1.54) is 23.5 Å². The predicted octanol–water partition coefficient (Wildman–Crippen LogP) is 3.10. The van der Waals surface area contributed by atoms with Gasteiger partial charge in [-0.2, -0.15) is 18.4 Å². The molecular formula is C22H16F4N8O2S. The molecule has 0 bridgehead atoms. The molecule has 0 spiro atoms. The van der Waals surface area contributed by atoms with Crippen LogP contribution in [0.15, 0.2) is 23.0 Å². The number of aryl methyl sites for hydroxylation is 1. The molecule has 37 heavy (non-hydrogen) atoms. The molecule has 15 heteroatoms. The highest BCUT2D eigenvalue weighted by Gasteiger charge is 2.38. The van der Waals surface area contributed by atoms with Crippen molar-refractivity contribution in [1.29, 1.82) is 5.26 Å². The minimum Gasteiger partial charge on any atom is -0.462 e. The summed E-state index contributed by atoms with van der Waals surface area (Å²) in [5, 5.41) is 18.2. The number of nitrogens with zero attached hydrogens (tertiary/aromatic N) is 8. The number of alkyl halides is 3. The third-order valence-corrected chi connectivity index (χ3v) is 6.63. The molecule has 1 saturated heterocycles. The molecule has 1 aliphatic heterocycles. The quantitative estimate of drug-likeness (QED) is 0.357. The lowest BCUT2D eigenvalue weighted by Crippen LogP contribution is -2.54. The van der Waals surface area contributed by atoms with E-state index in [1.807, 2.05) is 6.92 Å². The van der Waals surface area contributed by atoms with Crippen molar-refractivity contribution in [3.05, 3.63) is 50.8 Å². The van der Waals surface area contributed by atoms with E-state index in [2.05, 4.69) is 25.1 Å². The lowest BCUT2D eigenvalue weighted by molar-refractivity contribution is -0.147. The molecule has 0 radical (unpaired) electrons. The van der Waals surface area contributed by atoms with Crippen LogP contribution in [0.4, 0.5) is 23.5 Å². The van der Waals surface area contributed by atoms with Gasteiger partial charge < -0.3 is 9.64 Å². The molecule has 0 aliphatic carbocycles. The number of anilines is 1. The smallest absolute Gasteiger partial charge is 0.449 e. The van der Waals surface area contributed by atoms with Gasteiger partial charge in [0.15, 0.2) is 5.52 Å². The molecule has 1 fully saturated rings. The third kappa shape index (κ3) is 4.44. The van der Waals surface area contributed by atoms with Crippen LogP contribution in [0.1, 0.15) is 23.3 Å². The minimum absolute atomic E-state index is 0.00345. The van der Waals surface area contributed by atoms with Gasteiger partial charge in [0.1, 0.15) is 28.1 Å². The highest BCUT2D eigenvalue weighted by molar-refractivity contribution is 7.13. The van der Waals surface area contributed by atoms with E-state index in [-0.39, 0.29) is 42.0 Å². The largest absolute Gasteiger partial charge is 0.462 e. The Kier molecular flexibility index (Phi) is 5.98. The summed E-state index contributed by atoms with van der Waals surface area (Å²) in [5.74, 6) is -2.39. The summed E-state index contributed by atoms with van der Waals surface area (Å²) in [6, 6.07) is 5.20. The van der Waals surface area contributed by atoms with Crippen molar-refractivity contribution in [2.75, 3.05) is 18.0 Å². The molecule has 1 aliphatic rings. The number of nitriles is 1. The van der Waals surface area contributed by atoms with Crippen LogP contribution in [0, 0.1) is 17.1 Å². The maximum atomic E-state index is 14.9. The highest BCUT2D eigenvalue weighted by atomic mass is 32.1. The summed E-state index contributed by atoms with van der Waals surface area (Å²) in [4.78, 5) is 26.7. The molecule has 0 N–H and O–H groups in total. The lowest BCUT2D eigenvalue weighted by Gasteiger charge is -2.38. The van der Waals surface area contributed by atoms with E-state index in [0.717, 1.165) is 24.5 Å². The third-order valence-electron chi connectivity index (χ3n) is 5.67. The first-order valence-electron chi connectivity index (χ1n) is 10.9. The Labute approximate surface area is 209 Å². The Morgan fingerprint density at radius 2 is 1.95 bits per heavy atom. The number of hydrogen-bond acceptors (Lipinski definition) is 10. The Morgan fingerprint density at radius 3 is 2.57 bits per heavy atom. The van der Waals surface area contributed by atoms with Crippen LogP contribution in [0.2, 0.25) is 0 Å². The van der Waals surface area contributed by atoms with Crippen LogP contribution >= 0.6 is 11.3 Å². The van der Waals surface area contributed by atoms with Crippen molar-refractivity contribution in [2.45, 2.75) is 25.6 Å². The normalized spacial score (nSPS) is 14.0. The van der Waals surface area contributed by atoms with Crippen LogP contribution in [0.3, 0.4) is 0 Å². The van der Waals surface area contributed by atoms with Gasteiger partial charge in [0.2, 0.25) is 11.8 Å². The van der Waals surface area contributed by atoms with Gasteiger partial charge in [-0.3, -0.25) is 9.36 Å². The molecule has 4 aromatic rings. The van der Waals surface area contributed by atoms with Crippen LogP contribution in [0.5, 0.6) is 5.19 Å². The fourth-order valence-electron chi connectivity index (χ4n) is 3.74. The summed E-state index contributed by atoms with van der Waals surface area (Å²) in [7, 11) is 0.932. The number of ether oxygens (including phenoxy) is 1. The molecule has 3 aromatic heterocycles. The van der Waals surface area contributed by atoms with E-state index < -0.39 is 34.4 Å². The van der Waals surface area contributed by atoms with Crippen LogP contribution < -0.4 is 15.2 Å². The fourth-order valence-corrected chi connectivity index (χ4v) is 4.43. The lowest BCUT2D eigenvalue weighted by atomic mass is 10.1. The molecule has 0 atom stereocenters. The van der Waals surface area contributed by atoms with Gasteiger partial charge in [0.05, 0.1) is 24.7 Å². The van der Waals surface area contributed by atoms with Crippen molar-refractivity contribution in [3.63, 3.8) is 0 Å². The van der Waals surface area contributed by atoms with Crippen molar-refractivity contribution in [2.24, 2.45) is 7.05 Å². The van der Waals surface area contributed by atoms with E-state index in [0.29, 0.717) is 9.76 Å². The average molecular weight is 532 g/mol. The number of aromatic nitrogens is 6. The van der Waals surface area contributed by atoms with E-state index in [9.17, 15) is 22.4 Å². The van der Waals surface area contributed by atoms with Gasteiger partial charge in [-0.25, -0.2) is 19.3 Å². The number of hydrogen-bond donors (Lipinski definition) is 0. The summed E-state index contributed by atoms with van der Waals surface area (Å²) >= 11 is 1.32.